The molecule has 1 N–H and O–H groups in total. The van der Waals surface area contributed by atoms with Crippen LogP contribution in [0.3, 0.4) is 0 Å². The Kier molecular flexibility index (Phi) is 5.51. The number of rotatable bonds is 5. The third-order valence-electron chi connectivity index (χ3n) is 4.28. The molecule has 5 nitrogen and oxygen atoms in total. The first-order chi connectivity index (χ1) is 12.9. The molecule has 0 saturated heterocycles. The van der Waals surface area contributed by atoms with Crippen LogP contribution in [0.1, 0.15) is 22.8 Å². The summed E-state index contributed by atoms with van der Waals surface area (Å²) in [6.07, 6.45) is 1.55. The van der Waals surface area contributed by atoms with Crippen molar-refractivity contribution in [2.75, 3.05) is 30.9 Å². The van der Waals surface area contributed by atoms with Crippen molar-refractivity contribution in [1.29, 1.82) is 0 Å². The largest absolute Gasteiger partial charge is 0.462 e. The predicted octanol–water partition coefficient (Wildman–Crippen LogP) is 5.18. The molecule has 0 aliphatic rings. The maximum Gasteiger partial charge on any atom is 0.341 e. The smallest absolute Gasteiger partial charge is 0.341 e. The lowest BCUT2D eigenvalue weighted by atomic mass is 10.1. The molecule has 0 saturated carbocycles. The number of nitrogens with zero attached hydrogens (tertiary/aromatic N) is 2. The molecule has 3 rings (SSSR count). The maximum absolute atomic E-state index is 12.5. The van der Waals surface area contributed by atoms with Gasteiger partial charge in [-0.1, -0.05) is 11.6 Å². The lowest BCUT2D eigenvalue weighted by Crippen LogP contribution is -2.10. The molecule has 0 unspecified atom stereocenters. The summed E-state index contributed by atoms with van der Waals surface area (Å²) >= 11 is 6.27. The molecular weight excluding hydrogens is 362 g/mol. The summed E-state index contributed by atoms with van der Waals surface area (Å²) in [6.45, 7) is 4.02. The highest BCUT2D eigenvalue weighted by molar-refractivity contribution is 6.31. The monoisotopic (exact) mass is 383 g/mol. The molecule has 2 aromatic carbocycles. The summed E-state index contributed by atoms with van der Waals surface area (Å²) in [5, 5.41) is 4.73. The van der Waals surface area contributed by atoms with E-state index >= 15 is 0 Å². The third kappa shape index (κ3) is 3.98. The van der Waals surface area contributed by atoms with Crippen LogP contribution >= 0.6 is 11.6 Å². The Balaban J connectivity index is 2.14. The zero-order valence-corrected chi connectivity index (χ0v) is 16.6. The van der Waals surface area contributed by atoms with Crippen molar-refractivity contribution in [3.63, 3.8) is 0 Å². The molecule has 0 bridgehead atoms. The van der Waals surface area contributed by atoms with Crippen LogP contribution in [0.25, 0.3) is 10.9 Å². The number of hydrogen-bond donors (Lipinski definition) is 1. The summed E-state index contributed by atoms with van der Waals surface area (Å²) in [5.74, 6) is -0.419. The summed E-state index contributed by atoms with van der Waals surface area (Å²) in [6, 6.07) is 11.6. The van der Waals surface area contributed by atoms with E-state index in [0.717, 1.165) is 27.8 Å². The van der Waals surface area contributed by atoms with Crippen LogP contribution < -0.4 is 10.2 Å². The van der Waals surface area contributed by atoms with Crippen LogP contribution in [0.15, 0.2) is 42.6 Å². The number of aryl methyl sites for hydroxylation is 1. The number of fused-ring (bicyclic) bond motifs is 1. The molecule has 0 radical (unpaired) electrons. The van der Waals surface area contributed by atoms with Crippen molar-refractivity contribution in [2.24, 2.45) is 0 Å². The van der Waals surface area contributed by atoms with E-state index in [1.807, 2.05) is 62.3 Å². The molecule has 0 amide bonds. The second-order valence-electron chi connectivity index (χ2n) is 6.45. The molecule has 27 heavy (non-hydrogen) atoms. The Hall–Kier alpha value is -2.79. The summed E-state index contributed by atoms with van der Waals surface area (Å²) in [4.78, 5) is 19.0. The van der Waals surface area contributed by atoms with E-state index in [0.29, 0.717) is 22.9 Å². The fourth-order valence-corrected chi connectivity index (χ4v) is 3.19. The van der Waals surface area contributed by atoms with Gasteiger partial charge in [0.25, 0.3) is 0 Å². The van der Waals surface area contributed by atoms with Crippen LogP contribution in [-0.2, 0) is 4.74 Å². The van der Waals surface area contributed by atoms with Crippen molar-refractivity contribution in [3.8, 4) is 0 Å². The highest BCUT2D eigenvalue weighted by atomic mass is 35.5. The molecule has 6 heteroatoms. The van der Waals surface area contributed by atoms with Crippen molar-refractivity contribution in [3.05, 3.63) is 58.7 Å². The van der Waals surface area contributed by atoms with E-state index in [-0.39, 0.29) is 0 Å². The van der Waals surface area contributed by atoms with E-state index in [2.05, 4.69) is 10.3 Å². The normalized spacial score (nSPS) is 10.7. The van der Waals surface area contributed by atoms with E-state index in [9.17, 15) is 4.79 Å². The predicted molar refractivity (Wildman–Crippen MR) is 111 cm³/mol. The number of carbonyl (C=O) groups is 1. The van der Waals surface area contributed by atoms with Gasteiger partial charge in [0.2, 0.25) is 0 Å². The van der Waals surface area contributed by atoms with Crippen LogP contribution in [0.5, 0.6) is 0 Å². The number of anilines is 3. The van der Waals surface area contributed by atoms with Crippen LogP contribution in [0.4, 0.5) is 17.1 Å². The van der Waals surface area contributed by atoms with Gasteiger partial charge in [-0.05, 0) is 55.8 Å². The van der Waals surface area contributed by atoms with E-state index in [1.54, 1.807) is 13.1 Å². The standard InChI is InChI=1S/C21H22ClN3O2/c1-5-27-21(26)18-12-23-19-13(2)10-14(22)11-17(19)20(18)24-15-6-8-16(9-7-15)25(3)4/h6-12H,5H2,1-4H3,(H,23,24). The number of esters is 1. The van der Waals surface area contributed by atoms with Gasteiger partial charge >= 0.3 is 5.97 Å². The molecule has 0 fully saturated rings. The van der Waals surface area contributed by atoms with Crippen LogP contribution in [0.2, 0.25) is 5.02 Å². The molecule has 0 aliphatic heterocycles. The Bertz CT molecular complexity index is 985. The molecule has 3 aromatic rings. The van der Waals surface area contributed by atoms with Gasteiger partial charge in [-0.15, -0.1) is 0 Å². The highest BCUT2D eigenvalue weighted by Crippen LogP contribution is 2.33. The number of pyridine rings is 1. The maximum atomic E-state index is 12.5. The van der Waals surface area contributed by atoms with Gasteiger partial charge in [0, 0.05) is 42.1 Å². The fourth-order valence-electron chi connectivity index (χ4n) is 2.92. The number of halogens is 1. The fraction of sp³-hybridized carbons (Fsp3) is 0.238. The number of benzene rings is 2. The van der Waals surface area contributed by atoms with Gasteiger partial charge in [0.15, 0.2) is 0 Å². The molecule has 0 spiro atoms. The van der Waals surface area contributed by atoms with Gasteiger partial charge in [0.05, 0.1) is 17.8 Å². The van der Waals surface area contributed by atoms with Gasteiger partial charge in [-0.2, -0.15) is 0 Å². The van der Waals surface area contributed by atoms with Gasteiger partial charge < -0.3 is 15.0 Å². The Morgan fingerprint density at radius 3 is 2.56 bits per heavy atom. The Labute approximate surface area is 163 Å². The molecule has 1 heterocycles. The topological polar surface area (TPSA) is 54.5 Å². The van der Waals surface area contributed by atoms with Crippen LogP contribution in [0, 0.1) is 6.92 Å². The number of carbonyl (C=O) groups excluding carboxylic acids is 1. The van der Waals surface area contributed by atoms with E-state index < -0.39 is 5.97 Å². The second-order valence-corrected chi connectivity index (χ2v) is 6.89. The van der Waals surface area contributed by atoms with Crippen molar-refractivity contribution < 1.29 is 9.53 Å². The quantitative estimate of drug-likeness (QED) is 0.615. The molecule has 1 aromatic heterocycles. The van der Waals surface area contributed by atoms with Gasteiger partial charge in [0.1, 0.15) is 5.56 Å². The van der Waals surface area contributed by atoms with E-state index in [1.165, 1.54) is 0 Å². The first kappa shape index (κ1) is 19.0. The van der Waals surface area contributed by atoms with Crippen molar-refractivity contribution in [1.82, 2.24) is 4.98 Å². The Morgan fingerprint density at radius 1 is 1.22 bits per heavy atom. The summed E-state index contributed by atoms with van der Waals surface area (Å²) < 4.78 is 5.21. The Morgan fingerprint density at radius 2 is 1.93 bits per heavy atom. The molecule has 0 aliphatic carbocycles. The number of aromatic nitrogens is 1. The molecule has 0 atom stereocenters. The molecule has 140 valence electrons. The lowest BCUT2D eigenvalue weighted by molar-refractivity contribution is 0.0527. The van der Waals surface area contributed by atoms with Gasteiger partial charge in [-0.3, -0.25) is 4.98 Å². The van der Waals surface area contributed by atoms with Crippen LogP contribution in [-0.4, -0.2) is 31.7 Å². The SMILES string of the molecule is CCOC(=O)c1cnc2c(C)cc(Cl)cc2c1Nc1ccc(N(C)C)cc1. The first-order valence-corrected chi connectivity index (χ1v) is 9.09. The average Bonchev–Trinajstić information content (AvgIpc) is 2.62. The zero-order valence-electron chi connectivity index (χ0n) is 15.8. The molecular formula is C21H22ClN3O2. The first-order valence-electron chi connectivity index (χ1n) is 8.71. The minimum atomic E-state index is -0.419. The highest BCUT2D eigenvalue weighted by Gasteiger charge is 2.18. The summed E-state index contributed by atoms with van der Waals surface area (Å²) in [7, 11) is 3.98. The zero-order chi connectivity index (χ0) is 19.6. The van der Waals surface area contributed by atoms with Crippen molar-refractivity contribution in [2.45, 2.75) is 13.8 Å². The van der Waals surface area contributed by atoms with Crippen molar-refractivity contribution >= 4 is 45.5 Å². The number of ether oxygens (including phenoxy) is 1. The third-order valence-corrected chi connectivity index (χ3v) is 4.49. The number of nitrogens with one attached hydrogen (secondary N) is 1. The van der Waals surface area contributed by atoms with E-state index in [4.69, 9.17) is 16.3 Å². The second kappa shape index (κ2) is 7.84. The number of hydrogen-bond acceptors (Lipinski definition) is 5. The summed E-state index contributed by atoms with van der Waals surface area (Å²) in [5.41, 5.74) is 4.70. The average molecular weight is 384 g/mol. The minimum Gasteiger partial charge on any atom is -0.462 e. The van der Waals surface area contributed by atoms with Gasteiger partial charge in [-0.25, -0.2) is 4.79 Å². The minimum absolute atomic E-state index is 0.294. The lowest BCUT2D eigenvalue weighted by Gasteiger charge is -2.17.